The standard InChI is InChI=1S/C12H25N3O2/c1-9-6-15(7-10(5-13)17-9)8-11(16)14-12(2,3)4/h9-10H,5-8,13H2,1-4H3,(H,14,16). The van der Waals surface area contributed by atoms with Crippen LogP contribution in [0.1, 0.15) is 27.7 Å². The maximum absolute atomic E-state index is 11.8. The van der Waals surface area contributed by atoms with Gasteiger partial charge in [0.1, 0.15) is 0 Å². The summed E-state index contributed by atoms with van der Waals surface area (Å²) >= 11 is 0. The summed E-state index contributed by atoms with van der Waals surface area (Å²) in [5.41, 5.74) is 5.43. The molecule has 0 bridgehead atoms. The molecular formula is C12H25N3O2. The smallest absolute Gasteiger partial charge is 0.234 e. The maximum Gasteiger partial charge on any atom is 0.234 e. The molecule has 0 aromatic heterocycles. The molecule has 0 spiro atoms. The molecule has 100 valence electrons. The highest BCUT2D eigenvalue weighted by Crippen LogP contribution is 2.10. The first-order valence-electron chi connectivity index (χ1n) is 6.19. The van der Waals surface area contributed by atoms with E-state index < -0.39 is 0 Å². The summed E-state index contributed by atoms with van der Waals surface area (Å²) in [5, 5.41) is 2.96. The molecule has 1 heterocycles. The fraction of sp³-hybridized carbons (Fsp3) is 0.917. The Morgan fingerprint density at radius 2 is 2.12 bits per heavy atom. The topological polar surface area (TPSA) is 67.6 Å². The quantitative estimate of drug-likeness (QED) is 0.729. The SMILES string of the molecule is CC1CN(CC(=O)NC(C)(C)C)CC(CN)O1. The van der Waals surface area contributed by atoms with E-state index in [4.69, 9.17) is 10.5 Å². The van der Waals surface area contributed by atoms with Crippen LogP contribution < -0.4 is 11.1 Å². The lowest BCUT2D eigenvalue weighted by molar-refractivity contribution is -0.127. The number of carbonyl (C=O) groups is 1. The fourth-order valence-electron chi connectivity index (χ4n) is 2.06. The molecule has 1 aliphatic heterocycles. The molecular weight excluding hydrogens is 218 g/mol. The van der Waals surface area contributed by atoms with Gasteiger partial charge in [-0.3, -0.25) is 9.69 Å². The van der Waals surface area contributed by atoms with E-state index in [9.17, 15) is 4.79 Å². The normalized spacial score (nSPS) is 26.9. The number of nitrogens with one attached hydrogen (secondary N) is 1. The van der Waals surface area contributed by atoms with Gasteiger partial charge >= 0.3 is 0 Å². The first-order chi connectivity index (χ1) is 7.80. The third-order valence-electron chi connectivity index (χ3n) is 2.55. The Kier molecular flexibility index (Phi) is 4.91. The largest absolute Gasteiger partial charge is 0.371 e. The van der Waals surface area contributed by atoms with Crippen molar-refractivity contribution in [3.05, 3.63) is 0 Å². The Morgan fingerprint density at radius 3 is 2.65 bits per heavy atom. The van der Waals surface area contributed by atoms with Crippen molar-refractivity contribution in [2.24, 2.45) is 5.73 Å². The number of morpholine rings is 1. The molecule has 0 aromatic carbocycles. The number of carbonyl (C=O) groups excluding carboxylic acids is 1. The van der Waals surface area contributed by atoms with Gasteiger partial charge in [0.05, 0.1) is 18.8 Å². The van der Waals surface area contributed by atoms with Crippen LogP contribution in [0.4, 0.5) is 0 Å². The number of nitrogens with two attached hydrogens (primary N) is 1. The van der Waals surface area contributed by atoms with Gasteiger partial charge in [-0.2, -0.15) is 0 Å². The molecule has 1 fully saturated rings. The molecule has 5 nitrogen and oxygen atoms in total. The van der Waals surface area contributed by atoms with Crippen LogP contribution in [0.2, 0.25) is 0 Å². The van der Waals surface area contributed by atoms with Crippen molar-refractivity contribution < 1.29 is 9.53 Å². The first kappa shape index (κ1) is 14.4. The summed E-state index contributed by atoms with van der Waals surface area (Å²) in [6.45, 7) is 10.4. The van der Waals surface area contributed by atoms with Crippen LogP contribution >= 0.6 is 0 Å². The first-order valence-corrected chi connectivity index (χ1v) is 6.19. The van der Waals surface area contributed by atoms with Crippen molar-refractivity contribution in [1.29, 1.82) is 0 Å². The van der Waals surface area contributed by atoms with Gasteiger partial charge in [0.15, 0.2) is 0 Å². The lowest BCUT2D eigenvalue weighted by atomic mass is 10.1. The second-order valence-electron chi connectivity index (χ2n) is 5.80. The van der Waals surface area contributed by atoms with Crippen LogP contribution in [0.25, 0.3) is 0 Å². The molecule has 1 aliphatic rings. The van der Waals surface area contributed by atoms with Crippen LogP contribution in [-0.2, 0) is 9.53 Å². The molecule has 1 amide bonds. The number of ether oxygens (including phenoxy) is 1. The average molecular weight is 243 g/mol. The van der Waals surface area contributed by atoms with Gasteiger partial charge in [-0.05, 0) is 27.7 Å². The minimum Gasteiger partial charge on any atom is -0.371 e. The van der Waals surface area contributed by atoms with E-state index >= 15 is 0 Å². The van der Waals surface area contributed by atoms with Crippen molar-refractivity contribution >= 4 is 5.91 Å². The monoisotopic (exact) mass is 243 g/mol. The number of nitrogens with zero attached hydrogens (tertiary/aromatic N) is 1. The zero-order valence-corrected chi connectivity index (χ0v) is 11.3. The van der Waals surface area contributed by atoms with Crippen molar-refractivity contribution in [3.8, 4) is 0 Å². The van der Waals surface area contributed by atoms with Crippen LogP contribution in [0.15, 0.2) is 0 Å². The predicted octanol–water partition coefficient (Wildman–Crippen LogP) is -0.0509. The van der Waals surface area contributed by atoms with Crippen molar-refractivity contribution in [3.63, 3.8) is 0 Å². The molecule has 0 saturated carbocycles. The van der Waals surface area contributed by atoms with Gasteiger partial charge in [0.2, 0.25) is 5.91 Å². The van der Waals surface area contributed by atoms with E-state index in [1.165, 1.54) is 0 Å². The van der Waals surface area contributed by atoms with Crippen molar-refractivity contribution in [1.82, 2.24) is 10.2 Å². The van der Waals surface area contributed by atoms with E-state index in [-0.39, 0.29) is 23.7 Å². The van der Waals surface area contributed by atoms with Gasteiger partial charge in [0.25, 0.3) is 0 Å². The van der Waals surface area contributed by atoms with Gasteiger partial charge in [0, 0.05) is 25.2 Å². The molecule has 1 rings (SSSR count). The lowest BCUT2D eigenvalue weighted by Crippen LogP contribution is -2.53. The Bertz CT molecular complexity index is 263. The summed E-state index contributed by atoms with van der Waals surface area (Å²) in [7, 11) is 0. The molecule has 0 aromatic rings. The Labute approximate surface area is 104 Å². The van der Waals surface area contributed by atoms with E-state index in [2.05, 4.69) is 10.2 Å². The third-order valence-corrected chi connectivity index (χ3v) is 2.55. The predicted molar refractivity (Wildman–Crippen MR) is 67.7 cm³/mol. The molecule has 2 atom stereocenters. The van der Waals surface area contributed by atoms with Gasteiger partial charge in [-0.15, -0.1) is 0 Å². The number of hydrogen-bond acceptors (Lipinski definition) is 4. The highest BCUT2D eigenvalue weighted by atomic mass is 16.5. The van der Waals surface area contributed by atoms with E-state index in [1.807, 2.05) is 27.7 Å². The van der Waals surface area contributed by atoms with E-state index in [0.29, 0.717) is 13.1 Å². The average Bonchev–Trinajstić information content (AvgIpc) is 2.13. The minimum absolute atomic E-state index is 0.0428. The van der Waals surface area contributed by atoms with E-state index in [0.717, 1.165) is 13.1 Å². The zero-order chi connectivity index (χ0) is 13.1. The molecule has 2 unspecified atom stereocenters. The summed E-state index contributed by atoms with van der Waals surface area (Å²) in [5.74, 6) is 0.0578. The molecule has 1 saturated heterocycles. The zero-order valence-electron chi connectivity index (χ0n) is 11.3. The fourth-order valence-corrected chi connectivity index (χ4v) is 2.06. The van der Waals surface area contributed by atoms with Crippen LogP contribution in [0.3, 0.4) is 0 Å². The van der Waals surface area contributed by atoms with Crippen LogP contribution in [0, 0.1) is 0 Å². The van der Waals surface area contributed by atoms with Crippen LogP contribution in [-0.4, -0.2) is 54.7 Å². The van der Waals surface area contributed by atoms with Gasteiger partial charge in [-0.25, -0.2) is 0 Å². The van der Waals surface area contributed by atoms with E-state index in [1.54, 1.807) is 0 Å². The number of amides is 1. The molecule has 3 N–H and O–H groups in total. The second kappa shape index (κ2) is 5.80. The van der Waals surface area contributed by atoms with Gasteiger partial charge < -0.3 is 15.8 Å². The summed E-state index contributed by atoms with van der Waals surface area (Å²) in [4.78, 5) is 13.9. The maximum atomic E-state index is 11.8. The summed E-state index contributed by atoms with van der Waals surface area (Å²) in [6, 6.07) is 0. The van der Waals surface area contributed by atoms with Crippen molar-refractivity contribution in [2.45, 2.75) is 45.4 Å². The van der Waals surface area contributed by atoms with Crippen LogP contribution in [0.5, 0.6) is 0 Å². The Morgan fingerprint density at radius 1 is 1.47 bits per heavy atom. The van der Waals surface area contributed by atoms with Crippen molar-refractivity contribution in [2.75, 3.05) is 26.2 Å². The second-order valence-corrected chi connectivity index (χ2v) is 5.80. The number of hydrogen-bond donors (Lipinski definition) is 2. The third kappa shape index (κ3) is 5.48. The molecule has 0 radical (unpaired) electrons. The molecule has 17 heavy (non-hydrogen) atoms. The Hall–Kier alpha value is -0.650. The highest BCUT2D eigenvalue weighted by Gasteiger charge is 2.26. The Balaban J connectivity index is 2.42. The minimum atomic E-state index is -0.178. The number of rotatable bonds is 3. The van der Waals surface area contributed by atoms with Gasteiger partial charge in [-0.1, -0.05) is 0 Å². The summed E-state index contributed by atoms with van der Waals surface area (Å²) < 4.78 is 5.65. The lowest BCUT2D eigenvalue weighted by Gasteiger charge is -2.36. The highest BCUT2D eigenvalue weighted by molar-refractivity contribution is 5.78. The molecule has 0 aliphatic carbocycles. The molecule has 5 heteroatoms. The summed E-state index contributed by atoms with van der Waals surface area (Å²) in [6.07, 6.45) is 0.181.